The molecule has 2 heterocycles. The number of rotatable bonds is 5. The number of aromatic nitrogens is 2. The van der Waals surface area contributed by atoms with Gasteiger partial charge in [0.2, 0.25) is 0 Å². The minimum atomic E-state index is -0.214. The van der Waals surface area contributed by atoms with Crippen molar-refractivity contribution in [1.29, 1.82) is 0 Å². The molecule has 0 fully saturated rings. The monoisotopic (exact) mass is 462 g/mol. The molecule has 3 aromatic carbocycles. The lowest BCUT2D eigenvalue weighted by Gasteiger charge is -2.30. The molecule has 33 heavy (non-hydrogen) atoms. The van der Waals surface area contributed by atoms with E-state index in [1.807, 2.05) is 42.5 Å². The van der Waals surface area contributed by atoms with Crippen molar-refractivity contribution in [3.63, 3.8) is 0 Å². The van der Waals surface area contributed by atoms with Crippen molar-refractivity contribution in [3.05, 3.63) is 77.1 Å². The Hall–Kier alpha value is -3.71. The molecule has 4 aromatic rings. The number of carbonyl (C=O) groups is 1. The van der Waals surface area contributed by atoms with Gasteiger partial charge in [-0.2, -0.15) is 0 Å². The summed E-state index contributed by atoms with van der Waals surface area (Å²) in [6.07, 6.45) is 0. The van der Waals surface area contributed by atoms with Crippen LogP contribution in [0.25, 0.3) is 11.0 Å². The molecule has 5 rings (SSSR count). The molecule has 0 atom stereocenters. The van der Waals surface area contributed by atoms with Gasteiger partial charge in [0.05, 0.1) is 31.8 Å². The standard InChI is InChI=1S/C25H23ClN4O3/c1-32-22-10-3-16(13-23(22)33-2)25(31)27-18-5-7-19(8-6-18)29-11-12-30-21-9-4-17(26)14-20(21)28-24(30)15-29/h3-10,13-14H,11-12,15H2,1-2H3,(H,27,31). The van der Waals surface area contributed by atoms with E-state index in [0.717, 1.165) is 41.3 Å². The number of carbonyl (C=O) groups excluding carboxylic acids is 1. The lowest BCUT2D eigenvalue weighted by molar-refractivity contribution is 0.102. The summed E-state index contributed by atoms with van der Waals surface area (Å²) in [5, 5.41) is 3.63. The van der Waals surface area contributed by atoms with Crippen LogP contribution in [0, 0.1) is 0 Å². The van der Waals surface area contributed by atoms with Gasteiger partial charge in [-0.05, 0) is 60.7 Å². The number of ether oxygens (including phenoxy) is 2. The fraction of sp³-hybridized carbons (Fsp3) is 0.200. The van der Waals surface area contributed by atoms with Gasteiger partial charge in [0.15, 0.2) is 11.5 Å². The van der Waals surface area contributed by atoms with Crippen molar-refractivity contribution in [2.75, 3.05) is 31.0 Å². The van der Waals surface area contributed by atoms with Gasteiger partial charge in [-0.15, -0.1) is 0 Å². The fourth-order valence-corrected chi connectivity index (χ4v) is 4.32. The SMILES string of the molecule is COc1ccc(C(=O)Nc2ccc(N3CCn4c(nc5cc(Cl)ccc54)C3)cc2)cc1OC. The summed E-state index contributed by atoms with van der Waals surface area (Å²) in [5.41, 5.74) is 4.33. The summed E-state index contributed by atoms with van der Waals surface area (Å²) in [5.74, 6) is 1.90. The number of fused-ring (bicyclic) bond motifs is 3. The highest BCUT2D eigenvalue weighted by Crippen LogP contribution is 2.29. The van der Waals surface area contributed by atoms with E-state index in [1.54, 1.807) is 32.4 Å². The Morgan fingerprint density at radius 1 is 0.970 bits per heavy atom. The van der Waals surface area contributed by atoms with Crippen LogP contribution in [0.15, 0.2) is 60.7 Å². The first-order valence-electron chi connectivity index (χ1n) is 10.6. The second-order valence-electron chi connectivity index (χ2n) is 7.81. The third kappa shape index (κ3) is 4.07. The van der Waals surface area contributed by atoms with Crippen LogP contribution in [-0.4, -0.2) is 36.2 Å². The second-order valence-corrected chi connectivity index (χ2v) is 8.24. The second kappa shape index (κ2) is 8.67. The molecule has 0 saturated carbocycles. The zero-order valence-electron chi connectivity index (χ0n) is 18.3. The molecule has 7 nitrogen and oxygen atoms in total. The molecule has 0 unspecified atom stereocenters. The lowest BCUT2D eigenvalue weighted by Crippen LogP contribution is -2.33. The summed E-state index contributed by atoms with van der Waals surface area (Å²) in [6.45, 7) is 2.44. The van der Waals surface area contributed by atoms with Crippen LogP contribution < -0.4 is 19.7 Å². The Morgan fingerprint density at radius 3 is 2.52 bits per heavy atom. The van der Waals surface area contributed by atoms with Crippen molar-refractivity contribution >= 4 is 39.9 Å². The van der Waals surface area contributed by atoms with E-state index in [4.69, 9.17) is 26.1 Å². The number of nitrogens with one attached hydrogen (secondary N) is 1. The maximum absolute atomic E-state index is 12.7. The van der Waals surface area contributed by atoms with Crippen molar-refractivity contribution in [2.45, 2.75) is 13.1 Å². The number of imidazole rings is 1. The van der Waals surface area contributed by atoms with E-state index in [9.17, 15) is 4.79 Å². The summed E-state index contributed by atoms with van der Waals surface area (Å²) < 4.78 is 12.8. The summed E-state index contributed by atoms with van der Waals surface area (Å²) >= 11 is 6.12. The molecule has 0 bridgehead atoms. The topological polar surface area (TPSA) is 68.6 Å². The van der Waals surface area contributed by atoms with E-state index in [-0.39, 0.29) is 5.91 Å². The first-order valence-corrected chi connectivity index (χ1v) is 11.0. The minimum Gasteiger partial charge on any atom is -0.493 e. The van der Waals surface area contributed by atoms with E-state index in [0.29, 0.717) is 28.6 Å². The van der Waals surface area contributed by atoms with Gasteiger partial charge in [-0.25, -0.2) is 4.98 Å². The number of hydrogen-bond donors (Lipinski definition) is 1. The minimum absolute atomic E-state index is 0.214. The molecule has 1 aromatic heterocycles. The molecule has 1 aliphatic rings. The van der Waals surface area contributed by atoms with Crippen LogP contribution >= 0.6 is 11.6 Å². The van der Waals surface area contributed by atoms with Crippen LogP contribution in [0.3, 0.4) is 0 Å². The highest BCUT2D eigenvalue weighted by Gasteiger charge is 2.20. The molecule has 1 aliphatic heterocycles. The van der Waals surface area contributed by atoms with E-state index in [1.165, 1.54) is 0 Å². The molecule has 0 radical (unpaired) electrons. The Bertz CT molecular complexity index is 1330. The number of methoxy groups -OCH3 is 2. The average molecular weight is 463 g/mol. The quantitative estimate of drug-likeness (QED) is 0.453. The van der Waals surface area contributed by atoms with Gasteiger partial charge in [-0.3, -0.25) is 4.79 Å². The van der Waals surface area contributed by atoms with Crippen LogP contribution in [0.1, 0.15) is 16.2 Å². The number of amides is 1. The third-order valence-electron chi connectivity index (χ3n) is 5.85. The molecule has 0 saturated heterocycles. The lowest BCUT2D eigenvalue weighted by atomic mass is 10.1. The first kappa shape index (κ1) is 21.2. The Kier molecular flexibility index (Phi) is 5.56. The number of benzene rings is 3. The fourth-order valence-electron chi connectivity index (χ4n) is 4.15. The molecule has 168 valence electrons. The highest BCUT2D eigenvalue weighted by molar-refractivity contribution is 6.31. The van der Waals surface area contributed by atoms with Crippen LogP contribution in [0.5, 0.6) is 11.5 Å². The Labute approximate surface area is 196 Å². The smallest absolute Gasteiger partial charge is 0.255 e. The molecule has 0 aliphatic carbocycles. The van der Waals surface area contributed by atoms with Gasteiger partial charge in [0, 0.05) is 35.1 Å². The first-order chi connectivity index (χ1) is 16.1. The molecule has 1 N–H and O–H groups in total. The summed E-state index contributed by atoms with van der Waals surface area (Å²) in [6, 6.07) is 18.8. The molecule has 8 heteroatoms. The van der Waals surface area contributed by atoms with E-state index >= 15 is 0 Å². The number of halogens is 1. The van der Waals surface area contributed by atoms with E-state index in [2.05, 4.69) is 14.8 Å². The van der Waals surface area contributed by atoms with Gasteiger partial charge < -0.3 is 24.3 Å². The predicted octanol–water partition coefficient (Wildman–Crippen LogP) is 4.98. The molecule has 0 spiro atoms. The summed E-state index contributed by atoms with van der Waals surface area (Å²) in [4.78, 5) is 19.7. The predicted molar refractivity (Wildman–Crippen MR) is 130 cm³/mol. The number of anilines is 2. The highest BCUT2D eigenvalue weighted by atomic mass is 35.5. The molecule has 1 amide bonds. The molecular formula is C25H23ClN4O3. The van der Waals surface area contributed by atoms with Crippen molar-refractivity contribution in [2.24, 2.45) is 0 Å². The molecular weight excluding hydrogens is 440 g/mol. The maximum Gasteiger partial charge on any atom is 0.255 e. The van der Waals surface area contributed by atoms with Gasteiger partial charge in [-0.1, -0.05) is 11.6 Å². The van der Waals surface area contributed by atoms with Crippen molar-refractivity contribution < 1.29 is 14.3 Å². The number of hydrogen-bond acceptors (Lipinski definition) is 5. The van der Waals surface area contributed by atoms with E-state index < -0.39 is 0 Å². The van der Waals surface area contributed by atoms with Gasteiger partial charge >= 0.3 is 0 Å². The van der Waals surface area contributed by atoms with Gasteiger partial charge in [0.1, 0.15) is 5.82 Å². The zero-order chi connectivity index (χ0) is 22.9. The summed E-state index contributed by atoms with van der Waals surface area (Å²) in [7, 11) is 3.11. The largest absolute Gasteiger partial charge is 0.493 e. The number of nitrogens with zero attached hydrogens (tertiary/aromatic N) is 3. The van der Waals surface area contributed by atoms with Crippen LogP contribution in [-0.2, 0) is 13.1 Å². The average Bonchev–Trinajstić information content (AvgIpc) is 3.20. The van der Waals surface area contributed by atoms with Crippen molar-refractivity contribution in [3.8, 4) is 11.5 Å². The zero-order valence-corrected chi connectivity index (χ0v) is 19.1. The maximum atomic E-state index is 12.7. The van der Waals surface area contributed by atoms with Crippen LogP contribution in [0.4, 0.5) is 11.4 Å². The van der Waals surface area contributed by atoms with Crippen LogP contribution in [0.2, 0.25) is 5.02 Å². The normalized spacial score (nSPS) is 13.0. The van der Waals surface area contributed by atoms with Crippen molar-refractivity contribution in [1.82, 2.24) is 9.55 Å². The Balaban J connectivity index is 1.29. The Morgan fingerprint density at radius 2 is 1.76 bits per heavy atom. The third-order valence-corrected chi connectivity index (χ3v) is 6.09. The van der Waals surface area contributed by atoms with Gasteiger partial charge in [0.25, 0.3) is 5.91 Å².